The van der Waals surface area contributed by atoms with Crippen molar-refractivity contribution in [1.82, 2.24) is 10.6 Å². The van der Waals surface area contributed by atoms with E-state index >= 15 is 0 Å². The summed E-state index contributed by atoms with van der Waals surface area (Å²) in [6.07, 6.45) is -2.50. The molecular formula is C21H28F2IN3O3. The highest BCUT2D eigenvalue weighted by Crippen LogP contribution is 2.24. The number of benzene rings is 2. The van der Waals surface area contributed by atoms with Crippen molar-refractivity contribution in [3.8, 4) is 17.2 Å². The first-order valence-electron chi connectivity index (χ1n) is 9.28. The lowest BCUT2D eigenvalue weighted by atomic mass is 10.2. The second kappa shape index (κ2) is 13.8. The first-order valence-corrected chi connectivity index (χ1v) is 9.28. The molecule has 9 heteroatoms. The Morgan fingerprint density at radius 1 is 1.03 bits per heavy atom. The van der Waals surface area contributed by atoms with Crippen LogP contribution in [-0.2, 0) is 13.1 Å². The molecule has 0 aliphatic carbocycles. The normalized spacial score (nSPS) is 10.9. The summed E-state index contributed by atoms with van der Waals surface area (Å²) in [4.78, 5) is 4.55. The number of nitrogens with one attached hydrogen (secondary N) is 2. The molecule has 0 bridgehead atoms. The fraction of sp³-hybridized carbons (Fsp3) is 0.381. The molecule has 0 amide bonds. The van der Waals surface area contributed by atoms with Gasteiger partial charge in [0.1, 0.15) is 23.9 Å². The fourth-order valence-corrected chi connectivity index (χ4v) is 2.58. The van der Waals surface area contributed by atoms with Gasteiger partial charge in [0.2, 0.25) is 0 Å². The zero-order valence-electron chi connectivity index (χ0n) is 17.3. The van der Waals surface area contributed by atoms with Crippen LogP contribution in [0.15, 0.2) is 47.5 Å². The average molecular weight is 535 g/mol. The molecule has 0 heterocycles. The second-order valence-corrected chi connectivity index (χ2v) is 6.08. The topological polar surface area (TPSA) is 64.1 Å². The van der Waals surface area contributed by atoms with E-state index in [1.807, 2.05) is 31.2 Å². The number of hydrogen-bond acceptors (Lipinski definition) is 4. The summed E-state index contributed by atoms with van der Waals surface area (Å²) in [5.74, 6) is 2.47. The molecule has 0 atom stereocenters. The Morgan fingerprint density at radius 2 is 1.83 bits per heavy atom. The Morgan fingerprint density at radius 3 is 2.50 bits per heavy atom. The summed E-state index contributed by atoms with van der Waals surface area (Å²) >= 11 is 0. The van der Waals surface area contributed by atoms with Crippen molar-refractivity contribution in [2.45, 2.75) is 26.4 Å². The van der Waals surface area contributed by atoms with Crippen LogP contribution in [0.4, 0.5) is 8.78 Å². The van der Waals surface area contributed by atoms with Gasteiger partial charge in [-0.2, -0.15) is 0 Å². The highest BCUT2D eigenvalue weighted by Gasteiger charge is 2.07. The maximum absolute atomic E-state index is 12.3. The van der Waals surface area contributed by atoms with Crippen LogP contribution in [0.2, 0.25) is 0 Å². The predicted octanol–water partition coefficient (Wildman–Crippen LogP) is 4.22. The third kappa shape index (κ3) is 8.60. The van der Waals surface area contributed by atoms with E-state index in [1.54, 1.807) is 32.4 Å². The largest absolute Gasteiger partial charge is 0.497 e. The molecule has 0 saturated heterocycles. The maximum atomic E-state index is 12.3. The van der Waals surface area contributed by atoms with Crippen LogP contribution in [0.5, 0.6) is 17.2 Å². The van der Waals surface area contributed by atoms with Crippen LogP contribution in [0.1, 0.15) is 18.1 Å². The number of hydrogen-bond donors (Lipinski definition) is 2. The fourth-order valence-electron chi connectivity index (χ4n) is 2.58. The zero-order chi connectivity index (χ0) is 21.1. The van der Waals surface area contributed by atoms with Gasteiger partial charge in [0.05, 0.1) is 20.8 Å². The van der Waals surface area contributed by atoms with E-state index in [9.17, 15) is 8.78 Å². The highest BCUT2D eigenvalue weighted by atomic mass is 127. The van der Waals surface area contributed by atoms with Gasteiger partial charge in [-0.1, -0.05) is 12.1 Å². The van der Waals surface area contributed by atoms with E-state index in [1.165, 1.54) is 0 Å². The third-order valence-corrected chi connectivity index (χ3v) is 3.98. The number of guanidine groups is 1. The van der Waals surface area contributed by atoms with Gasteiger partial charge in [0, 0.05) is 24.7 Å². The number of nitrogens with zero attached hydrogens (tertiary/aromatic N) is 1. The molecule has 166 valence electrons. The zero-order valence-corrected chi connectivity index (χ0v) is 19.6. The lowest BCUT2D eigenvalue weighted by molar-refractivity contribution is 0.0818. The number of ether oxygens (including phenoxy) is 3. The molecule has 6 nitrogen and oxygen atoms in total. The predicted molar refractivity (Wildman–Crippen MR) is 125 cm³/mol. The molecule has 2 aromatic carbocycles. The maximum Gasteiger partial charge on any atom is 0.272 e. The van der Waals surface area contributed by atoms with E-state index in [2.05, 4.69) is 15.6 Å². The summed E-state index contributed by atoms with van der Waals surface area (Å²) in [7, 11) is 3.22. The lowest BCUT2D eigenvalue weighted by Crippen LogP contribution is -2.36. The molecular weight excluding hydrogens is 507 g/mol. The van der Waals surface area contributed by atoms with Gasteiger partial charge in [0.25, 0.3) is 6.43 Å². The van der Waals surface area contributed by atoms with Gasteiger partial charge in [-0.25, -0.2) is 13.8 Å². The van der Waals surface area contributed by atoms with Gasteiger partial charge in [-0.3, -0.25) is 0 Å². The summed E-state index contributed by atoms with van der Waals surface area (Å²) in [6, 6.07) is 12.6. The van der Waals surface area contributed by atoms with Crippen LogP contribution < -0.4 is 24.8 Å². The smallest absolute Gasteiger partial charge is 0.272 e. The molecule has 0 spiro atoms. The second-order valence-electron chi connectivity index (χ2n) is 6.08. The molecule has 0 aromatic heterocycles. The minimum atomic E-state index is -2.50. The number of methoxy groups -OCH3 is 2. The van der Waals surface area contributed by atoms with Crippen LogP contribution in [0, 0.1) is 0 Å². The van der Waals surface area contributed by atoms with Crippen molar-refractivity contribution < 1.29 is 23.0 Å². The Balaban J connectivity index is 0.00000450. The molecule has 30 heavy (non-hydrogen) atoms. The standard InChI is InChI=1S/C21H27F2N3O3.HI/c1-4-24-21(26-13-16-8-9-17(27-2)11-19(16)28-3)25-12-15-6-5-7-18(10-15)29-14-20(22)23;/h5-11,20H,4,12-14H2,1-3H3,(H2,24,25,26);1H. The van der Waals surface area contributed by atoms with E-state index in [4.69, 9.17) is 14.2 Å². The van der Waals surface area contributed by atoms with Gasteiger partial charge in [-0.15, -0.1) is 24.0 Å². The highest BCUT2D eigenvalue weighted by molar-refractivity contribution is 14.0. The monoisotopic (exact) mass is 535 g/mol. The van der Waals surface area contributed by atoms with Crippen molar-refractivity contribution in [1.29, 1.82) is 0 Å². The van der Waals surface area contributed by atoms with Gasteiger partial charge < -0.3 is 24.8 Å². The molecule has 0 aliphatic rings. The van der Waals surface area contributed by atoms with Gasteiger partial charge in [0.15, 0.2) is 5.96 Å². The summed E-state index contributed by atoms with van der Waals surface area (Å²) < 4.78 is 40.3. The molecule has 0 fully saturated rings. The number of rotatable bonds is 10. The Labute approximate surface area is 193 Å². The Hall–Kier alpha value is -2.30. The van der Waals surface area contributed by atoms with E-state index in [0.29, 0.717) is 31.3 Å². The summed E-state index contributed by atoms with van der Waals surface area (Å²) in [6.45, 7) is 2.94. The summed E-state index contributed by atoms with van der Waals surface area (Å²) in [5.41, 5.74) is 1.82. The summed E-state index contributed by atoms with van der Waals surface area (Å²) in [5, 5.41) is 6.44. The lowest BCUT2D eigenvalue weighted by Gasteiger charge is -2.14. The van der Waals surface area contributed by atoms with Crippen molar-refractivity contribution in [2.24, 2.45) is 4.99 Å². The molecule has 2 aromatic rings. The minimum absolute atomic E-state index is 0. The SMILES string of the molecule is CCNC(=NCc1cccc(OCC(F)F)c1)NCc1ccc(OC)cc1OC.I. The van der Waals surface area contributed by atoms with E-state index in [-0.39, 0.29) is 24.0 Å². The molecule has 0 aliphatic heterocycles. The van der Waals surface area contributed by atoms with Crippen molar-refractivity contribution in [3.63, 3.8) is 0 Å². The van der Waals surface area contributed by atoms with Crippen LogP contribution in [0.25, 0.3) is 0 Å². The van der Waals surface area contributed by atoms with Crippen molar-refractivity contribution in [3.05, 3.63) is 53.6 Å². The first kappa shape index (κ1) is 25.7. The van der Waals surface area contributed by atoms with Gasteiger partial charge in [-0.05, 0) is 36.8 Å². The molecule has 0 saturated carbocycles. The molecule has 2 N–H and O–H groups in total. The van der Waals surface area contributed by atoms with E-state index in [0.717, 1.165) is 22.6 Å². The minimum Gasteiger partial charge on any atom is -0.497 e. The average Bonchev–Trinajstić information content (AvgIpc) is 2.74. The molecule has 2 rings (SSSR count). The number of aliphatic imine (C=N–C) groups is 1. The van der Waals surface area contributed by atoms with Crippen molar-refractivity contribution in [2.75, 3.05) is 27.4 Å². The first-order chi connectivity index (χ1) is 14.0. The quantitative estimate of drug-likeness (QED) is 0.271. The van der Waals surface area contributed by atoms with Crippen LogP contribution in [0.3, 0.4) is 0 Å². The molecule has 0 radical (unpaired) electrons. The Kier molecular flexibility index (Phi) is 11.9. The molecule has 0 unspecified atom stereocenters. The van der Waals surface area contributed by atoms with E-state index < -0.39 is 13.0 Å². The number of halogens is 3. The third-order valence-electron chi connectivity index (χ3n) is 3.98. The van der Waals surface area contributed by atoms with Gasteiger partial charge >= 0.3 is 0 Å². The van der Waals surface area contributed by atoms with Crippen LogP contribution in [-0.4, -0.2) is 39.8 Å². The Bertz CT molecular complexity index is 807. The number of alkyl halides is 2. The van der Waals surface area contributed by atoms with Crippen LogP contribution >= 0.6 is 24.0 Å². The van der Waals surface area contributed by atoms with Crippen molar-refractivity contribution >= 4 is 29.9 Å².